The molecular formula is C12H12ClN3O. The van der Waals surface area contributed by atoms with Gasteiger partial charge in [0, 0.05) is 24.0 Å². The van der Waals surface area contributed by atoms with Crippen molar-refractivity contribution in [2.45, 2.75) is 6.42 Å². The Kier molecular flexibility index (Phi) is 3.77. The van der Waals surface area contributed by atoms with Crippen LogP contribution in [0.1, 0.15) is 5.56 Å². The van der Waals surface area contributed by atoms with Crippen LogP contribution in [0, 0.1) is 0 Å². The molecule has 2 rings (SSSR count). The van der Waals surface area contributed by atoms with E-state index in [0.717, 1.165) is 17.0 Å². The lowest BCUT2D eigenvalue weighted by atomic mass is 10.1. The van der Waals surface area contributed by atoms with E-state index < -0.39 is 0 Å². The fraction of sp³-hybridized carbons (Fsp3) is 0.167. The van der Waals surface area contributed by atoms with Gasteiger partial charge in [0.2, 0.25) is 0 Å². The number of H-pyrrole nitrogens is 1. The zero-order chi connectivity index (χ0) is 12.1. The minimum Gasteiger partial charge on any atom is -0.365 e. The first-order chi connectivity index (χ1) is 8.25. The Balaban J connectivity index is 1.90. The standard InChI is InChI=1S/C12H12ClN3O/c13-10-3-1-9(2-4-10)5-6-14-11-12(17)16-8-7-15-11/h1-4,7-8H,5-6H2,(H,14,15)(H,16,17). The SMILES string of the molecule is O=c1[nH]ccnc1NCCc1ccc(Cl)cc1. The zero-order valence-corrected chi connectivity index (χ0v) is 9.87. The second-order valence-electron chi connectivity index (χ2n) is 3.57. The lowest BCUT2D eigenvalue weighted by Crippen LogP contribution is -2.17. The van der Waals surface area contributed by atoms with Gasteiger partial charge in [-0.25, -0.2) is 4.98 Å². The maximum Gasteiger partial charge on any atom is 0.290 e. The first kappa shape index (κ1) is 11.7. The topological polar surface area (TPSA) is 57.8 Å². The van der Waals surface area contributed by atoms with Crippen molar-refractivity contribution in [2.75, 3.05) is 11.9 Å². The molecule has 2 N–H and O–H groups in total. The van der Waals surface area contributed by atoms with Crippen molar-refractivity contribution in [1.29, 1.82) is 0 Å². The molecular weight excluding hydrogens is 238 g/mol. The Morgan fingerprint density at radius 1 is 1.29 bits per heavy atom. The van der Waals surface area contributed by atoms with E-state index in [-0.39, 0.29) is 5.56 Å². The molecule has 0 saturated carbocycles. The molecule has 0 spiro atoms. The van der Waals surface area contributed by atoms with E-state index in [1.54, 1.807) is 6.20 Å². The Morgan fingerprint density at radius 3 is 2.76 bits per heavy atom. The smallest absolute Gasteiger partial charge is 0.290 e. The average molecular weight is 250 g/mol. The highest BCUT2D eigenvalue weighted by atomic mass is 35.5. The van der Waals surface area contributed by atoms with Gasteiger partial charge in [-0.2, -0.15) is 0 Å². The van der Waals surface area contributed by atoms with Gasteiger partial charge in [0.05, 0.1) is 0 Å². The summed E-state index contributed by atoms with van der Waals surface area (Å²) in [6.07, 6.45) is 3.87. The monoisotopic (exact) mass is 249 g/mol. The molecule has 4 nitrogen and oxygen atoms in total. The van der Waals surface area contributed by atoms with Crippen molar-refractivity contribution in [2.24, 2.45) is 0 Å². The summed E-state index contributed by atoms with van der Waals surface area (Å²) in [5.41, 5.74) is 0.956. The lowest BCUT2D eigenvalue weighted by molar-refractivity contribution is 0.990. The van der Waals surface area contributed by atoms with Gasteiger partial charge in [-0.3, -0.25) is 4.79 Å². The summed E-state index contributed by atoms with van der Waals surface area (Å²) in [5.74, 6) is 0.349. The molecule has 0 aliphatic heterocycles. The van der Waals surface area contributed by atoms with E-state index in [2.05, 4.69) is 15.3 Å². The van der Waals surface area contributed by atoms with Crippen LogP contribution in [0.2, 0.25) is 5.02 Å². The molecule has 0 amide bonds. The highest BCUT2D eigenvalue weighted by molar-refractivity contribution is 6.30. The summed E-state index contributed by atoms with van der Waals surface area (Å²) in [6, 6.07) is 7.63. The number of benzene rings is 1. The van der Waals surface area contributed by atoms with Crippen LogP contribution in [-0.2, 0) is 6.42 Å². The first-order valence-electron chi connectivity index (χ1n) is 5.28. The van der Waals surface area contributed by atoms with Crippen LogP contribution in [0.3, 0.4) is 0 Å². The largest absolute Gasteiger partial charge is 0.365 e. The highest BCUT2D eigenvalue weighted by Gasteiger charge is 1.98. The first-order valence-corrected chi connectivity index (χ1v) is 5.65. The Morgan fingerprint density at radius 2 is 2.06 bits per heavy atom. The van der Waals surface area contributed by atoms with Crippen LogP contribution >= 0.6 is 11.6 Å². The molecule has 1 heterocycles. The van der Waals surface area contributed by atoms with E-state index in [4.69, 9.17) is 11.6 Å². The number of halogens is 1. The number of aromatic nitrogens is 2. The number of hydrogen-bond donors (Lipinski definition) is 2. The molecule has 0 unspecified atom stereocenters. The summed E-state index contributed by atoms with van der Waals surface area (Å²) in [6.45, 7) is 0.654. The van der Waals surface area contributed by atoms with Crippen LogP contribution in [0.5, 0.6) is 0 Å². The van der Waals surface area contributed by atoms with Crippen LogP contribution < -0.4 is 10.9 Å². The van der Waals surface area contributed by atoms with Crippen LogP contribution in [-0.4, -0.2) is 16.5 Å². The second kappa shape index (κ2) is 5.50. The zero-order valence-electron chi connectivity index (χ0n) is 9.11. The summed E-state index contributed by atoms with van der Waals surface area (Å²) in [7, 11) is 0. The van der Waals surface area contributed by atoms with Gasteiger partial charge in [-0.05, 0) is 24.1 Å². The Bertz CT molecular complexity index is 536. The number of anilines is 1. The predicted molar refractivity (Wildman–Crippen MR) is 68.5 cm³/mol. The van der Waals surface area contributed by atoms with Crippen molar-refractivity contribution in [3.8, 4) is 0 Å². The van der Waals surface area contributed by atoms with Gasteiger partial charge in [-0.15, -0.1) is 0 Å². The van der Waals surface area contributed by atoms with E-state index in [0.29, 0.717) is 12.4 Å². The van der Waals surface area contributed by atoms with E-state index >= 15 is 0 Å². The molecule has 1 aromatic carbocycles. The maximum absolute atomic E-state index is 11.3. The average Bonchev–Trinajstić information content (AvgIpc) is 2.34. The quantitative estimate of drug-likeness (QED) is 0.872. The van der Waals surface area contributed by atoms with Gasteiger partial charge in [0.25, 0.3) is 5.56 Å². The minimum absolute atomic E-state index is 0.205. The van der Waals surface area contributed by atoms with E-state index in [1.165, 1.54) is 6.20 Å². The summed E-state index contributed by atoms with van der Waals surface area (Å²) < 4.78 is 0. The fourth-order valence-electron chi connectivity index (χ4n) is 1.45. The molecule has 0 bridgehead atoms. The number of nitrogens with one attached hydrogen (secondary N) is 2. The molecule has 88 valence electrons. The molecule has 5 heteroatoms. The summed E-state index contributed by atoms with van der Waals surface area (Å²) in [5, 5.41) is 3.71. The van der Waals surface area contributed by atoms with Crippen molar-refractivity contribution < 1.29 is 0 Å². The minimum atomic E-state index is -0.205. The van der Waals surface area contributed by atoms with Gasteiger partial charge < -0.3 is 10.3 Å². The normalized spacial score (nSPS) is 10.2. The third kappa shape index (κ3) is 3.32. The molecule has 0 aliphatic rings. The number of hydrogen-bond acceptors (Lipinski definition) is 3. The van der Waals surface area contributed by atoms with Gasteiger partial charge in [0.15, 0.2) is 5.82 Å². The number of aromatic amines is 1. The molecule has 0 saturated heterocycles. The van der Waals surface area contributed by atoms with Gasteiger partial charge in [-0.1, -0.05) is 23.7 Å². The van der Waals surface area contributed by atoms with Crippen molar-refractivity contribution in [3.63, 3.8) is 0 Å². The number of nitrogens with zero attached hydrogens (tertiary/aromatic N) is 1. The second-order valence-corrected chi connectivity index (χ2v) is 4.01. The lowest BCUT2D eigenvalue weighted by Gasteiger charge is -2.04. The van der Waals surface area contributed by atoms with Crippen molar-refractivity contribution in [1.82, 2.24) is 9.97 Å². The van der Waals surface area contributed by atoms with Crippen LogP contribution in [0.15, 0.2) is 41.5 Å². The molecule has 0 fully saturated rings. The van der Waals surface area contributed by atoms with E-state index in [1.807, 2.05) is 24.3 Å². The van der Waals surface area contributed by atoms with Crippen molar-refractivity contribution >= 4 is 17.4 Å². The van der Waals surface area contributed by atoms with Crippen molar-refractivity contribution in [3.05, 3.63) is 57.6 Å². The van der Waals surface area contributed by atoms with Gasteiger partial charge in [0.1, 0.15) is 0 Å². The van der Waals surface area contributed by atoms with Gasteiger partial charge >= 0.3 is 0 Å². The maximum atomic E-state index is 11.3. The summed E-state index contributed by atoms with van der Waals surface area (Å²) in [4.78, 5) is 17.8. The fourth-order valence-corrected chi connectivity index (χ4v) is 1.58. The third-order valence-electron chi connectivity index (χ3n) is 2.33. The molecule has 2 aromatic rings. The number of rotatable bonds is 4. The van der Waals surface area contributed by atoms with E-state index in [9.17, 15) is 4.79 Å². The van der Waals surface area contributed by atoms with Crippen LogP contribution in [0.25, 0.3) is 0 Å². The Hall–Kier alpha value is -1.81. The highest BCUT2D eigenvalue weighted by Crippen LogP contribution is 2.09. The molecule has 0 atom stereocenters. The summed E-state index contributed by atoms with van der Waals surface area (Å²) >= 11 is 5.79. The molecule has 0 aliphatic carbocycles. The third-order valence-corrected chi connectivity index (χ3v) is 2.58. The predicted octanol–water partition coefficient (Wildman–Crippen LogP) is 2.08. The Labute approximate surface area is 104 Å². The molecule has 1 aromatic heterocycles. The molecule has 0 radical (unpaired) electrons. The van der Waals surface area contributed by atoms with Crippen LogP contribution in [0.4, 0.5) is 5.82 Å². The molecule has 17 heavy (non-hydrogen) atoms.